The topological polar surface area (TPSA) is 46.2 Å². The van der Waals surface area contributed by atoms with Gasteiger partial charge in [-0.25, -0.2) is 13.1 Å². The summed E-state index contributed by atoms with van der Waals surface area (Å²) in [4.78, 5) is 0. The van der Waals surface area contributed by atoms with Crippen LogP contribution in [0, 0.1) is 0 Å². The van der Waals surface area contributed by atoms with Gasteiger partial charge < -0.3 is 0 Å². The van der Waals surface area contributed by atoms with Crippen molar-refractivity contribution in [2.24, 2.45) is 0 Å². The number of halogens is 1. The van der Waals surface area contributed by atoms with E-state index in [1.54, 1.807) is 0 Å². The Hall–Kier alpha value is -1.62. The van der Waals surface area contributed by atoms with E-state index in [0.717, 1.165) is 17.5 Å². The predicted molar refractivity (Wildman–Crippen MR) is 96.9 cm³/mol. The number of rotatable bonds is 7. The summed E-state index contributed by atoms with van der Waals surface area (Å²) in [6.45, 7) is 0. The third-order valence-electron chi connectivity index (χ3n) is 3.36. The molecule has 2 rings (SSSR count). The van der Waals surface area contributed by atoms with Gasteiger partial charge in [-0.1, -0.05) is 66.2 Å². The normalized spacial score (nSPS) is 13.3. The first kappa shape index (κ1) is 17.7. The van der Waals surface area contributed by atoms with Crippen LogP contribution in [0.1, 0.15) is 30.0 Å². The fraction of sp³-hybridized carbons (Fsp3) is 0.222. The Morgan fingerprint density at radius 1 is 1.09 bits per heavy atom. The molecule has 0 bridgehead atoms. The molecule has 0 aliphatic carbocycles. The molecule has 0 saturated carbocycles. The van der Waals surface area contributed by atoms with E-state index < -0.39 is 10.0 Å². The molecule has 1 N–H and O–H groups in total. The third-order valence-corrected chi connectivity index (χ3v) is 4.33. The minimum absolute atomic E-state index is 0.221. The molecule has 1 unspecified atom stereocenters. The van der Waals surface area contributed by atoms with E-state index in [4.69, 9.17) is 11.6 Å². The van der Waals surface area contributed by atoms with Crippen LogP contribution in [-0.4, -0.2) is 14.7 Å². The van der Waals surface area contributed by atoms with Crippen LogP contribution in [0.15, 0.2) is 60.7 Å². The van der Waals surface area contributed by atoms with Gasteiger partial charge in [0.15, 0.2) is 0 Å². The first-order chi connectivity index (χ1) is 10.9. The van der Waals surface area contributed by atoms with Gasteiger partial charge in [-0.05, 0) is 36.1 Å². The Morgan fingerprint density at radius 3 is 2.35 bits per heavy atom. The molecule has 0 radical (unpaired) electrons. The monoisotopic (exact) mass is 349 g/mol. The van der Waals surface area contributed by atoms with Crippen molar-refractivity contribution >= 4 is 27.7 Å². The Bertz CT molecular complexity index is 740. The lowest BCUT2D eigenvalue weighted by Crippen LogP contribution is -2.27. The van der Waals surface area contributed by atoms with Crippen molar-refractivity contribution < 1.29 is 8.42 Å². The minimum Gasteiger partial charge on any atom is -0.213 e. The molecule has 0 fully saturated rings. The maximum Gasteiger partial charge on any atom is 0.209 e. The minimum atomic E-state index is -3.25. The second-order valence-electron chi connectivity index (χ2n) is 5.38. The first-order valence-corrected chi connectivity index (χ1v) is 9.65. The van der Waals surface area contributed by atoms with Crippen LogP contribution >= 0.6 is 11.6 Å². The van der Waals surface area contributed by atoms with Gasteiger partial charge in [-0.2, -0.15) is 0 Å². The first-order valence-electron chi connectivity index (χ1n) is 7.38. The number of sulfonamides is 1. The second-order valence-corrected chi connectivity index (χ2v) is 7.60. The van der Waals surface area contributed by atoms with Gasteiger partial charge in [0.25, 0.3) is 0 Å². The molecule has 0 aliphatic heterocycles. The fourth-order valence-electron chi connectivity index (χ4n) is 2.29. The van der Waals surface area contributed by atoms with Crippen molar-refractivity contribution in [3.63, 3.8) is 0 Å². The summed E-state index contributed by atoms with van der Waals surface area (Å²) in [5, 5.41) is 0.712. The number of nitrogens with one attached hydrogen (secondary N) is 1. The summed E-state index contributed by atoms with van der Waals surface area (Å²) in [6, 6.07) is 17.0. The lowest BCUT2D eigenvalue weighted by Gasteiger charge is -2.17. The van der Waals surface area contributed by atoms with Crippen molar-refractivity contribution in [3.8, 4) is 0 Å². The average Bonchev–Trinajstić information content (AvgIpc) is 2.52. The Kier molecular flexibility index (Phi) is 6.39. The van der Waals surface area contributed by atoms with Gasteiger partial charge in [0, 0.05) is 11.1 Å². The van der Waals surface area contributed by atoms with E-state index >= 15 is 0 Å². The summed E-state index contributed by atoms with van der Waals surface area (Å²) >= 11 is 5.85. The zero-order valence-electron chi connectivity index (χ0n) is 12.9. The van der Waals surface area contributed by atoms with Gasteiger partial charge in [0.2, 0.25) is 10.0 Å². The molecule has 0 aliphatic rings. The summed E-state index contributed by atoms with van der Waals surface area (Å²) in [6.07, 6.45) is 6.71. The van der Waals surface area contributed by atoms with Gasteiger partial charge in [-0.15, -0.1) is 0 Å². The standard InChI is InChI=1S/C18H20ClNO2S/c1-23(21,22)20-18(16-8-3-2-4-9-16)10-6-5-7-15-11-13-17(19)14-12-15/h2-5,7-9,11-14,18,20H,6,10H2,1H3/b7-5+. The van der Waals surface area contributed by atoms with Gasteiger partial charge in [0.1, 0.15) is 0 Å². The summed E-state index contributed by atoms with van der Waals surface area (Å²) < 4.78 is 25.8. The molecule has 5 heteroatoms. The van der Waals surface area contributed by atoms with Crippen molar-refractivity contribution in [2.45, 2.75) is 18.9 Å². The quantitative estimate of drug-likeness (QED) is 0.804. The summed E-state index contributed by atoms with van der Waals surface area (Å²) in [7, 11) is -3.25. The molecule has 3 nitrogen and oxygen atoms in total. The van der Waals surface area contributed by atoms with Crippen LogP contribution in [-0.2, 0) is 10.0 Å². The van der Waals surface area contributed by atoms with Crippen LogP contribution in [0.2, 0.25) is 5.02 Å². The van der Waals surface area contributed by atoms with Gasteiger partial charge in [-0.3, -0.25) is 0 Å². The van der Waals surface area contributed by atoms with Crippen molar-refractivity contribution in [2.75, 3.05) is 6.26 Å². The summed E-state index contributed by atoms with van der Waals surface area (Å²) in [5.74, 6) is 0. The van der Waals surface area contributed by atoms with E-state index in [1.807, 2.05) is 66.7 Å². The average molecular weight is 350 g/mol. The lowest BCUT2D eigenvalue weighted by molar-refractivity contribution is 0.547. The highest BCUT2D eigenvalue weighted by molar-refractivity contribution is 7.88. The Balaban J connectivity index is 1.99. The second kappa shape index (κ2) is 8.29. The molecular formula is C18H20ClNO2S. The lowest BCUT2D eigenvalue weighted by atomic mass is 10.0. The zero-order chi connectivity index (χ0) is 16.7. The molecule has 1 atom stereocenters. The highest BCUT2D eigenvalue weighted by Crippen LogP contribution is 2.20. The largest absolute Gasteiger partial charge is 0.213 e. The van der Waals surface area contributed by atoms with Gasteiger partial charge in [0.05, 0.1) is 6.26 Å². The smallest absolute Gasteiger partial charge is 0.209 e. The molecule has 0 aromatic heterocycles. The molecule has 2 aromatic carbocycles. The zero-order valence-corrected chi connectivity index (χ0v) is 14.5. The number of benzene rings is 2. The maximum absolute atomic E-state index is 11.6. The van der Waals surface area contributed by atoms with E-state index in [0.29, 0.717) is 11.4 Å². The number of allylic oxidation sites excluding steroid dienone is 1. The van der Waals surface area contributed by atoms with E-state index in [1.165, 1.54) is 6.26 Å². The molecule has 0 amide bonds. The van der Waals surface area contributed by atoms with Crippen LogP contribution in [0.25, 0.3) is 6.08 Å². The van der Waals surface area contributed by atoms with Crippen molar-refractivity contribution in [1.82, 2.24) is 4.72 Å². The van der Waals surface area contributed by atoms with Crippen LogP contribution in [0.4, 0.5) is 0 Å². The maximum atomic E-state index is 11.6. The van der Waals surface area contributed by atoms with Crippen LogP contribution in [0.5, 0.6) is 0 Å². The molecule has 23 heavy (non-hydrogen) atoms. The highest BCUT2D eigenvalue weighted by atomic mass is 35.5. The SMILES string of the molecule is CS(=O)(=O)NC(CC/C=C/c1ccc(Cl)cc1)c1ccccc1. The Labute approximate surface area is 143 Å². The van der Waals surface area contributed by atoms with Crippen molar-refractivity contribution in [1.29, 1.82) is 0 Å². The molecular weight excluding hydrogens is 330 g/mol. The van der Waals surface area contributed by atoms with E-state index in [-0.39, 0.29) is 6.04 Å². The van der Waals surface area contributed by atoms with E-state index in [9.17, 15) is 8.42 Å². The molecule has 0 spiro atoms. The van der Waals surface area contributed by atoms with Gasteiger partial charge >= 0.3 is 0 Å². The predicted octanol–water partition coefficient (Wildman–Crippen LogP) is 4.42. The van der Waals surface area contributed by atoms with E-state index in [2.05, 4.69) is 4.72 Å². The molecule has 0 heterocycles. The van der Waals surface area contributed by atoms with Crippen LogP contribution < -0.4 is 4.72 Å². The van der Waals surface area contributed by atoms with Crippen LogP contribution in [0.3, 0.4) is 0 Å². The molecule has 0 saturated heterocycles. The Morgan fingerprint density at radius 2 is 1.74 bits per heavy atom. The summed E-state index contributed by atoms with van der Waals surface area (Å²) in [5.41, 5.74) is 2.04. The van der Waals surface area contributed by atoms with Crippen molar-refractivity contribution in [3.05, 3.63) is 76.8 Å². The number of hydrogen-bond acceptors (Lipinski definition) is 2. The molecule has 122 valence electrons. The fourth-order valence-corrected chi connectivity index (χ4v) is 3.19. The third kappa shape index (κ3) is 6.57. The highest BCUT2D eigenvalue weighted by Gasteiger charge is 2.14. The number of hydrogen-bond donors (Lipinski definition) is 1. The molecule has 2 aromatic rings.